The molecule has 2 amide bonds. The maximum absolute atomic E-state index is 12.6. The molecule has 166 valence electrons. The van der Waals surface area contributed by atoms with E-state index in [0.29, 0.717) is 43.1 Å². The van der Waals surface area contributed by atoms with Crippen LogP contribution in [0, 0.1) is 23.2 Å². The number of ether oxygens (including phenoxy) is 1. The maximum atomic E-state index is 12.6. The predicted molar refractivity (Wildman–Crippen MR) is 115 cm³/mol. The standard InChI is InChI=1S/C21H24N8O3/c1-3-31-21-26-19(27-32-21)25-20(30)29-10-12-6-15(7-13(12)11-29)28(2)17-14(8-22)9-24-18-16(17)4-5-23-18/h4-5,9,12-13,15H,3,6-7,10-11H2,1-2H3,(H,23,24)(H,25,27,30)/t12-,13?,15+/m1/s1. The molecule has 3 aromatic heterocycles. The minimum atomic E-state index is -0.233. The largest absolute Gasteiger partial charge is 0.449 e. The lowest BCUT2D eigenvalue weighted by Gasteiger charge is -2.29. The first-order valence-electron chi connectivity index (χ1n) is 10.7. The number of nitrogens with zero attached hydrogens (tertiary/aromatic N) is 6. The number of urea groups is 1. The smallest absolute Gasteiger partial charge is 0.418 e. The lowest BCUT2D eigenvalue weighted by Crippen LogP contribution is -2.36. The average molecular weight is 436 g/mol. The van der Waals surface area contributed by atoms with Crippen molar-refractivity contribution in [1.82, 2.24) is 25.0 Å². The molecule has 1 aliphatic heterocycles. The molecule has 32 heavy (non-hydrogen) atoms. The van der Waals surface area contributed by atoms with Crippen LogP contribution in [-0.4, -0.2) is 63.8 Å². The fourth-order valence-electron chi connectivity index (χ4n) is 5.01. The van der Waals surface area contributed by atoms with E-state index in [1.165, 1.54) is 0 Å². The summed E-state index contributed by atoms with van der Waals surface area (Å²) in [7, 11) is 2.05. The van der Waals surface area contributed by atoms with Crippen molar-refractivity contribution in [2.45, 2.75) is 25.8 Å². The molecule has 0 radical (unpaired) electrons. The zero-order valence-corrected chi connectivity index (χ0v) is 17.9. The van der Waals surface area contributed by atoms with Crippen LogP contribution >= 0.6 is 0 Å². The third-order valence-corrected chi connectivity index (χ3v) is 6.49. The number of likely N-dealkylation sites (tertiary alicyclic amines) is 1. The van der Waals surface area contributed by atoms with E-state index < -0.39 is 0 Å². The molecule has 11 heteroatoms. The van der Waals surface area contributed by atoms with Gasteiger partial charge in [-0.15, -0.1) is 4.98 Å². The highest BCUT2D eigenvalue weighted by Gasteiger charge is 2.44. The summed E-state index contributed by atoms with van der Waals surface area (Å²) in [6, 6.07) is 4.31. The molecule has 0 spiro atoms. The van der Waals surface area contributed by atoms with Crippen molar-refractivity contribution >= 4 is 28.7 Å². The Morgan fingerprint density at radius 1 is 1.44 bits per heavy atom. The Balaban J connectivity index is 1.24. The van der Waals surface area contributed by atoms with Gasteiger partial charge in [-0.1, -0.05) is 0 Å². The Morgan fingerprint density at radius 2 is 2.22 bits per heavy atom. The molecule has 5 rings (SSSR count). The summed E-state index contributed by atoms with van der Waals surface area (Å²) in [5, 5.41) is 17.0. The lowest BCUT2D eigenvalue weighted by atomic mass is 10.0. The molecule has 2 N–H and O–H groups in total. The van der Waals surface area contributed by atoms with Gasteiger partial charge in [0, 0.05) is 44.0 Å². The molecular formula is C21H24N8O3. The second kappa shape index (κ2) is 8.03. The highest BCUT2D eigenvalue weighted by atomic mass is 16.6. The number of hydrogen-bond donors (Lipinski definition) is 2. The number of pyridine rings is 1. The van der Waals surface area contributed by atoms with E-state index in [2.05, 4.69) is 36.4 Å². The first kappa shape index (κ1) is 20.1. The second-order valence-corrected chi connectivity index (χ2v) is 8.28. The van der Waals surface area contributed by atoms with E-state index in [1.807, 2.05) is 26.2 Å². The molecule has 0 aromatic carbocycles. The van der Waals surface area contributed by atoms with E-state index >= 15 is 0 Å². The second-order valence-electron chi connectivity index (χ2n) is 8.28. The molecule has 3 aromatic rings. The van der Waals surface area contributed by atoms with Crippen molar-refractivity contribution in [3.05, 3.63) is 24.0 Å². The lowest BCUT2D eigenvalue weighted by molar-refractivity contribution is 0.214. The number of fused-ring (bicyclic) bond motifs is 2. The van der Waals surface area contributed by atoms with Crippen molar-refractivity contribution in [3.63, 3.8) is 0 Å². The summed E-state index contributed by atoms with van der Waals surface area (Å²) in [5.41, 5.74) is 2.27. The third-order valence-electron chi connectivity index (χ3n) is 6.49. The molecule has 1 unspecified atom stereocenters. The summed E-state index contributed by atoms with van der Waals surface area (Å²) in [6.45, 7) is 3.58. The SMILES string of the molecule is CCOc1nc(NC(=O)N2CC3C[C@@H](N(C)c4c(C#N)cnc5[nH]ccc45)C[C@@H]3C2)no1. The van der Waals surface area contributed by atoms with Gasteiger partial charge < -0.3 is 19.5 Å². The molecule has 11 nitrogen and oxygen atoms in total. The highest BCUT2D eigenvalue weighted by molar-refractivity contribution is 5.93. The normalized spacial score (nSPS) is 22.0. The van der Waals surface area contributed by atoms with Crippen LogP contribution in [0.5, 0.6) is 6.08 Å². The summed E-state index contributed by atoms with van der Waals surface area (Å²) < 4.78 is 10.0. The third kappa shape index (κ3) is 3.47. The van der Waals surface area contributed by atoms with Gasteiger partial charge in [0.05, 0.1) is 17.9 Å². The highest BCUT2D eigenvalue weighted by Crippen LogP contribution is 2.42. The van der Waals surface area contributed by atoms with Crippen molar-refractivity contribution in [2.75, 3.05) is 37.0 Å². The van der Waals surface area contributed by atoms with E-state index in [-0.39, 0.29) is 18.1 Å². The minimum absolute atomic E-state index is 0.0383. The zero-order valence-electron chi connectivity index (χ0n) is 17.9. The van der Waals surface area contributed by atoms with Gasteiger partial charge in [-0.25, -0.2) is 9.78 Å². The van der Waals surface area contributed by atoms with Crippen LogP contribution < -0.4 is 15.0 Å². The van der Waals surface area contributed by atoms with Gasteiger partial charge in [-0.3, -0.25) is 9.84 Å². The van der Waals surface area contributed by atoms with Crippen LogP contribution in [0.1, 0.15) is 25.3 Å². The topological polar surface area (TPSA) is 136 Å². The molecule has 3 atom stereocenters. The first-order chi connectivity index (χ1) is 15.6. The molecule has 0 bridgehead atoms. The van der Waals surface area contributed by atoms with Crippen LogP contribution in [0.25, 0.3) is 11.0 Å². The summed E-state index contributed by atoms with van der Waals surface area (Å²) in [4.78, 5) is 28.1. The number of nitriles is 1. The zero-order chi connectivity index (χ0) is 22.2. The van der Waals surface area contributed by atoms with E-state index in [4.69, 9.17) is 9.26 Å². The number of anilines is 2. The van der Waals surface area contributed by atoms with Crippen molar-refractivity contribution < 1.29 is 14.1 Å². The number of nitrogens with one attached hydrogen (secondary N) is 2. The number of rotatable bonds is 5. The van der Waals surface area contributed by atoms with Crippen molar-refractivity contribution in [3.8, 4) is 12.1 Å². The maximum Gasteiger partial charge on any atom is 0.418 e. The Labute approximate surface area is 184 Å². The monoisotopic (exact) mass is 436 g/mol. The van der Waals surface area contributed by atoms with Crippen LogP contribution in [0.2, 0.25) is 0 Å². The molecular weight excluding hydrogens is 412 g/mol. The number of hydrogen-bond acceptors (Lipinski definition) is 8. The van der Waals surface area contributed by atoms with Gasteiger partial charge in [0.25, 0.3) is 5.95 Å². The summed E-state index contributed by atoms with van der Waals surface area (Å²) in [5.74, 6) is 0.920. The van der Waals surface area contributed by atoms with Gasteiger partial charge in [-0.05, 0) is 42.8 Å². The van der Waals surface area contributed by atoms with Gasteiger partial charge in [0.1, 0.15) is 11.7 Å². The quantitative estimate of drug-likeness (QED) is 0.623. The molecule has 2 fully saturated rings. The van der Waals surface area contributed by atoms with Gasteiger partial charge >= 0.3 is 12.1 Å². The van der Waals surface area contributed by atoms with E-state index in [9.17, 15) is 10.1 Å². The Bertz CT molecular complexity index is 1170. The van der Waals surface area contributed by atoms with E-state index in [0.717, 1.165) is 29.6 Å². The fourth-order valence-corrected chi connectivity index (χ4v) is 5.01. The predicted octanol–water partition coefficient (Wildman–Crippen LogP) is 2.59. The number of aromatic amines is 1. The molecule has 4 heterocycles. The Kier molecular flexibility index (Phi) is 5.05. The molecule has 1 aliphatic carbocycles. The van der Waals surface area contributed by atoms with E-state index in [1.54, 1.807) is 11.1 Å². The number of carbonyl (C=O) groups excluding carboxylic acids is 1. The molecule has 1 saturated carbocycles. The minimum Gasteiger partial charge on any atom is -0.449 e. The summed E-state index contributed by atoms with van der Waals surface area (Å²) >= 11 is 0. The number of carbonyl (C=O) groups is 1. The molecule has 1 saturated heterocycles. The van der Waals surface area contributed by atoms with Gasteiger partial charge in [0.2, 0.25) is 0 Å². The number of amides is 2. The van der Waals surface area contributed by atoms with Gasteiger partial charge in [-0.2, -0.15) is 5.26 Å². The van der Waals surface area contributed by atoms with Crippen LogP contribution in [0.3, 0.4) is 0 Å². The molecule has 2 aliphatic rings. The van der Waals surface area contributed by atoms with Crippen LogP contribution in [0.15, 0.2) is 23.0 Å². The van der Waals surface area contributed by atoms with Crippen molar-refractivity contribution in [1.29, 1.82) is 5.26 Å². The summed E-state index contributed by atoms with van der Waals surface area (Å²) in [6.07, 6.45) is 5.43. The van der Waals surface area contributed by atoms with Crippen LogP contribution in [-0.2, 0) is 0 Å². The van der Waals surface area contributed by atoms with Gasteiger partial charge in [0.15, 0.2) is 0 Å². The first-order valence-corrected chi connectivity index (χ1v) is 10.7. The fraction of sp³-hybridized carbons (Fsp3) is 0.476. The number of H-pyrrole nitrogens is 1. The van der Waals surface area contributed by atoms with Crippen LogP contribution in [0.4, 0.5) is 16.4 Å². The van der Waals surface area contributed by atoms with Crippen molar-refractivity contribution in [2.24, 2.45) is 11.8 Å². The number of aromatic nitrogens is 4. The average Bonchev–Trinajstić information content (AvgIpc) is 3.55. The Morgan fingerprint density at radius 3 is 2.94 bits per heavy atom. The Hall–Kier alpha value is -3.81.